The zero-order valence-electron chi connectivity index (χ0n) is 5.88. The summed E-state index contributed by atoms with van der Waals surface area (Å²) in [5.41, 5.74) is -1.26. The van der Waals surface area contributed by atoms with Crippen LogP contribution in [0.3, 0.4) is 0 Å². The summed E-state index contributed by atoms with van der Waals surface area (Å²) in [6.07, 6.45) is 0. The molecule has 1 rings (SSSR count). The van der Waals surface area contributed by atoms with Crippen LogP contribution in [-0.2, 0) is 0 Å². The highest BCUT2D eigenvalue weighted by atomic mass is 16.5. The highest BCUT2D eigenvalue weighted by molar-refractivity contribution is 4.98. The van der Waals surface area contributed by atoms with E-state index in [4.69, 9.17) is 4.74 Å². The molecule has 60 valence electrons. The molecule has 1 aromatic heterocycles. The zero-order chi connectivity index (χ0) is 8.27. The van der Waals surface area contributed by atoms with E-state index in [0.717, 1.165) is 0 Å². The number of hydrogen-bond acceptors (Lipinski definition) is 4. The maximum atomic E-state index is 10.8. The predicted molar refractivity (Wildman–Crippen MR) is 36.6 cm³/mol. The van der Waals surface area contributed by atoms with Crippen molar-refractivity contribution in [3.63, 3.8) is 0 Å². The lowest BCUT2D eigenvalue weighted by atomic mass is 10.7. The summed E-state index contributed by atoms with van der Waals surface area (Å²) in [6.45, 7) is 2.05. The van der Waals surface area contributed by atoms with E-state index in [1.807, 2.05) is 10.1 Å². The Kier molecular flexibility index (Phi) is 2.05. The minimum Gasteiger partial charge on any atom is -0.473 e. The number of nitrogens with zero attached hydrogens (tertiary/aromatic N) is 1. The maximum absolute atomic E-state index is 10.8. The highest BCUT2D eigenvalue weighted by Gasteiger charge is 1.99. The van der Waals surface area contributed by atoms with Crippen LogP contribution in [0.25, 0.3) is 0 Å². The van der Waals surface area contributed by atoms with Crippen LogP contribution in [0.1, 0.15) is 6.92 Å². The van der Waals surface area contributed by atoms with Crippen LogP contribution in [0.5, 0.6) is 5.88 Å². The molecule has 0 aliphatic heterocycles. The lowest BCUT2D eigenvalue weighted by Gasteiger charge is -1.96. The summed E-state index contributed by atoms with van der Waals surface area (Å²) >= 11 is 0. The molecule has 0 spiro atoms. The van der Waals surface area contributed by atoms with Gasteiger partial charge in [-0.3, -0.25) is 9.78 Å². The molecular weight excluding hydrogens is 150 g/mol. The van der Waals surface area contributed by atoms with E-state index in [1.165, 1.54) is 0 Å². The average Bonchev–Trinajstić information content (AvgIpc) is 1.95. The van der Waals surface area contributed by atoms with Crippen molar-refractivity contribution in [1.82, 2.24) is 15.2 Å². The first kappa shape index (κ1) is 7.52. The summed E-state index contributed by atoms with van der Waals surface area (Å²) in [7, 11) is 0. The quantitative estimate of drug-likeness (QED) is 0.567. The molecule has 0 aromatic carbocycles. The van der Waals surface area contributed by atoms with Gasteiger partial charge in [-0.25, -0.2) is 9.89 Å². The molecule has 0 aliphatic carbocycles. The largest absolute Gasteiger partial charge is 0.473 e. The van der Waals surface area contributed by atoms with E-state index in [2.05, 4.69) is 5.10 Å². The normalized spacial score (nSPS) is 9.55. The SMILES string of the molecule is CCOc1n[nH]c(=O)[nH]c1=O. The fourth-order valence-electron chi connectivity index (χ4n) is 0.571. The summed E-state index contributed by atoms with van der Waals surface area (Å²) in [5.74, 6) is -0.118. The molecule has 0 radical (unpaired) electrons. The first-order valence-electron chi connectivity index (χ1n) is 3.06. The van der Waals surface area contributed by atoms with Gasteiger partial charge in [-0.1, -0.05) is 0 Å². The first-order valence-corrected chi connectivity index (χ1v) is 3.06. The van der Waals surface area contributed by atoms with Gasteiger partial charge in [0.1, 0.15) is 0 Å². The van der Waals surface area contributed by atoms with Gasteiger partial charge in [-0.15, -0.1) is 5.10 Å². The molecule has 6 heteroatoms. The van der Waals surface area contributed by atoms with Crippen molar-refractivity contribution >= 4 is 0 Å². The Morgan fingerprint density at radius 1 is 1.55 bits per heavy atom. The van der Waals surface area contributed by atoms with Crippen molar-refractivity contribution in [3.8, 4) is 5.88 Å². The number of aromatic nitrogens is 3. The third kappa shape index (κ3) is 1.66. The molecule has 0 saturated heterocycles. The van der Waals surface area contributed by atoms with Crippen molar-refractivity contribution in [2.45, 2.75) is 6.92 Å². The minimum absolute atomic E-state index is 0.118. The second kappa shape index (κ2) is 3.00. The lowest BCUT2D eigenvalue weighted by molar-refractivity contribution is 0.315. The zero-order valence-corrected chi connectivity index (χ0v) is 5.88. The smallest absolute Gasteiger partial charge is 0.342 e. The van der Waals surface area contributed by atoms with E-state index in [9.17, 15) is 9.59 Å². The Morgan fingerprint density at radius 3 is 2.82 bits per heavy atom. The third-order valence-corrected chi connectivity index (χ3v) is 0.961. The minimum atomic E-state index is -0.640. The van der Waals surface area contributed by atoms with Gasteiger partial charge in [-0.05, 0) is 6.92 Å². The number of H-pyrrole nitrogens is 2. The molecule has 0 saturated carbocycles. The topological polar surface area (TPSA) is 87.8 Å². The number of nitrogens with one attached hydrogen (secondary N) is 2. The van der Waals surface area contributed by atoms with Crippen molar-refractivity contribution in [3.05, 3.63) is 20.8 Å². The van der Waals surface area contributed by atoms with Gasteiger partial charge in [0.2, 0.25) is 0 Å². The summed E-state index contributed by atoms with van der Waals surface area (Å²) in [4.78, 5) is 23.2. The third-order valence-electron chi connectivity index (χ3n) is 0.961. The van der Waals surface area contributed by atoms with Gasteiger partial charge < -0.3 is 4.74 Å². The van der Waals surface area contributed by atoms with Crippen molar-refractivity contribution < 1.29 is 4.74 Å². The number of aromatic amines is 2. The van der Waals surface area contributed by atoms with Crippen LogP contribution in [0.15, 0.2) is 9.59 Å². The Hall–Kier alpha value is -1.59. The van der Waals surface area contributed by atoms with E-state index < -0.39 is 11.2 Å². The van der Waals surface area contributed by atoms with Gasteiger partial charge in [0.05, 0.1) is 6.61 Å². The van der Waals surface area contributed by atoms with Crippen LogP contribution < -0.4 is 16.0 Å². The van der Waals surface area contributed by atoms with Crippen LogP contribution in [0.4, 0.5) is 0 Å². The van der Waals surface area contributed by atoms with E-state index in [1.54, 1.807) is 6.92 Å². The Labute approximate surface area is 61.2 Å². The van der Waals surface area contributed by atoms with Crippen LogP contribution in [-0.4, -0.2) is 21.8 Å². The molecule has 0 atom stereocenters. The Bertz CT molecular complexity index is 339. The van der Waals surface area contributed by atoms with Gasteiger partial charge in [0.25, 0.3) is 5.88 Å². The first-order chi connectivity index (χ1) is 5.24. The molecular formula is C5H7N3O3. The fraction of sp³-hybridized carbons (Fsp3) is 0.400. The molecule has 0 fully saturated rings. The molecule has 0 amide bonds. The molecule has 1 aromatic rings. The predicted octanol–water partition coefficient (Wildman–Crippen LogP) is -1.14. The van der Waals surface area contributed by atoms with E-state index in [0.29, 0.717) is 6.61 Å². The monoisotopic (exact) mass is 157 g/mol. The standard InChI is InChI=1S/C5H7N3O3/c1-2-11-4-3(9)6-5(10)8-7-4/h2H2,1H3,(H2,6,8,9,10). The number of hydrogen-bond donors (Lipinski definition) is 2. The molecule has 11 heavy (non-hydrogen) atoms. The molecule has 1 heterocycles. The van der Waals surface area contributed by atoms with Gasteiger partial charge in [-0.2, -0.15) is 0 Å². The number of rotatable bonds is 2. The molecule has 2 N–H and O–H groups in total. The Morgan fingerprint density at radius 2 is 2.27 bits per heavy atom. The highest BCUT2D eigenvalue weighted by Crippen LogP contribution is 1.87. The van der Waals surface area contributed by atoms with Crippen LogP contribution >= 0.6 is 0 Å². The van der Waals surface area contributed by atoms with Crippen molar-refractivity contribution in [2.75, 3.05) is 6.61 Å². The molecule has 0 aliphatic rings. The van der Waals surface area contributed by atoms with Gasteiger partial charge in [0.15, 0.2) is 0 Å². The van der Waals surface area contributed by atoms with Gasteiger partial charge >= 0.3 is 11.2 Å². The van der Waals surface area contributed by atoms with Crippen LogP contribution in [0, 0.1) is 0 Å². The fourth-order valence-corrected chi connectivity index (χ4v) is 0.571. The van der Waals surface area contributed by atoms with E-state index >= 15 is 0 Å². The number of ether oxygens (including phenoxy) is 1. The van der Waals surface area contributed by atoms with Crippen LogP contribution in [0.2, 0.25) is 0 Å². The maximum Gasteiger partial charge on any atom is 0.342 e. The summed E-state index contributed by atoms with van der Waals surface area (Å²) in [5, 5.41) is 5.40. The van der Waals surface area contributed by atoms with E-state index in [-0.39, 0.29) is 5.88 Å². The summed E-state index contributed by atoms with van der Waals surface area (Å²) < 4.78 is 4.77. The van der Waals surface area contributed by atoms with Crippen molar-refractivity contribution in [2.24, 2.45) is 0 Å². The second-order valence-corrected chi connectivity index (χ2v) is 1.75. The van der Waals surface area contributed by atoms with Crippen molar-refractivity contribution in [1.29, 1.82) is 0 Å². The molecule has 0 bridgehead atoms. The Balaban J connectivity index is 3.10. The molecule has 6 nitrogen and oxygen atoms in total. The second-order valence-electron chi connectivity index (χ2n) is 1.75. The van der Waals surface area contributed by atoms with Gasteiger partial charge in [0, 0.05) is 0 Å². The molecule has 0 unspecified atom stereocenters. The summed E-state index contributed by atoms with van der Waals surface area (Å²) in [6, 6.07) is 0. The lowest BCUT2D eigenvalue weighted by Crippen LogP contribution is -2.25. The average molecular weight is 157 g/mol.